The van der Waals surface area contributed by atoms with Gasteiger partial charge < -0.3 is 10.4 Å². The number of carboxylic acid groups (broad SMARTS) is 1. The Balaban J connectivity index is 0.000000257. The minimum absolute atomic E-state index is 0.0200. The minimum Gasteiger partial charge on any atom is -0.477 e. The maximum Gasteiger partial charge on any atom is 0.347 e. The Hall–Kier alpha value is -2.75. The number of benzene rings is 2. The van der Waals surface area contributed by atoms with Gasteiger partial charge in [0.1, 0.15) is 4.88 Å². The number of aromatic carboxylic acids is 1. The molecule has 0 saturated carbocycles. The fourth-order valence-electron chi connectivity index (χ4n) is 2.86. The van der Waals surface area contributed by atoms with Crippen LogP contribution in [0.15, 0.2) is 59.5 Å². The van der Waals surface area contributed by atoms with Crippen molar-refractivity contribution in [3.8, 4) is 0 Å². The highest BCUT2D eigenvalue weighted by atomic mass is 32.2. The number of unbranched alkanes of at least 4 members (excludes halogenated alkanes) is 2. The number of carbonyl (C=O) groups is 1. The third-order valence-corrected chi connectivity index (χ3v) is 7.22. The zero-order chi connectivity index (χ0) is 24.3. The predicted molar refractivity (Wildman–Crippen MR) is 133 cm³/mol. The molecule has 0 aliphatic carbocycles. The summed E-state index contributed by atoms with van der Waals surface area (Å²) in [5.41, 5.74) is 2.60. The molecule has 0 saturated heterocycles. The van der Waals surface area contributed by atoms with Crippen molar-refractivity contribution in [2.75, 3.05) is 11.3 Å². The van der Waals surface area contributed by atoms with Gasteiger partial charge in [-0.05, 0) is 44.5 Å². The quantitative estimate of drug-likeness (QED) is 0.337. The van der Waals surface area contributed by atoms with Crippen molar-refractivity contribution in [1.82, 2.24) is 10.3 Å². The smallest absolute Gasteiger partial charge is 0.347 e. The summed E-state index contributed by atoms with van der Waals surface area (Å²) >= 11 is 0.791. The fourth-order valence-corrected chi connectivity index (χ4v) is 4.90. The SMILES string of the molecule is CCCCCNCc1ccccc1.Cc1ccc(S(=O)(=O)Nc2nc(C)c(C(=O)O)s2)cc1. The van der Waals surface area contributed by atoms with E-state index >= 15 is 0 Å². The Morgan fingerprint density at radius 1 is 1.03 bits per heavy atom. The van der Waals surface area contributed by atoms with E-state index in [0.29, 0.717) is 0 Å². The van der Waals surface area contributed by atoms with Crippen molar-refractivity contribution in [3.05, 3.63) is 76.3 Å². The zero-order valence-electron chi connectivity index (χ0n) is 19.2. The summed E-state index contributed by atoms with van der Waals surface area (Å²) < 4.78 is 26.5. The van der Waals surface area contributed by atoms with Crippen molar-refractivity contribution >= 4 is 32.5 Å². The molecule has 2 aromatic carbocycles. The molecular weight excluding hydrogens is 458 g/mol. The normalized spacial score (nSPS) is 10.9. The molecule has 0 amide bonds. The summed E-state index contributed by atoms with van der Waals surface area (Å²) in [4.78, 5) is 14.9. The third-order valence-electron chi connectivity index (χ3n) is 4.67. The van der Waals surface area contributed by atoms with Crippen LogP contribution in [0.5, 0.6) is 0 Å². The van der Waals surface area contributed by atoms with Crippen LogP contribution in [-0.2, 0) is 16.6 Å². The van der Waals surface area contributed by atoms with Crippen molar-refractivity contribution in [3.63, 3.8) is 0 Å². The Morgan fingerprint density at radius 3 is 2.27 bits per heavy atom. The molecule has 178 valence electrons. The lowest BCUT2D eigenvalue weighted by atomic mass is 10.2. The molecule has 3 N–H and O–H groups in total. The molecule has 1 aromatic heterocycles. The molecule has 0 spiro atoms. The van der Waals surface area contributed by atoms with E-state index in [1.54, 1.807) is 12.1 Å². The number of thiazole rings is 1. The number of carboxylic acids is 1. The Morgan fingerprint density at radius 2 is 1.70 bits per heavy atom. The van der Waals surface area contributed by atoms with Gasteiger partial charge in [0.15, 0.2) is 5.13 Å². The molecule has 0 atom stereocenters. The van der Waals surface area contributed by atoms with Crippen LogP contribution in [0.25, 0.3) is 0 Å². The molecule has 0 bridgehead atoms. The average Bonchev–Trinajstić information content (AvgIpc) is 3.14. The molecule has 0 radical (unpaired) electrons. The van der Waals surface area contributed by atoms with Gasteiger partial charge in [0, 0.05) is 6.54 Å². The van der Waals surface area contributed by atoms with Crippen molar-refractivity contribution < 1.29 is 18.3 Å². The molecule has 0 aliphatic rings. The van der Waals surface area contributed by atoms with E-state index in [1.807, 2.05) is 6.92 Å². The van der Waals surface area contributed by atoms with Gasteiger partial charge in [-0.15, -0.1) is 0 Å². The van der Waals surface area contributed by atoms with Crippen LogP contribution in [-0.4, -0.2) is 31.0 Å². The third kappa shape index (κ3) is 8.95. The maximum absolute atomic E-state index is 12.1. The lowest BCUT2D eigenvalue weighted by Crippen LogP contribution is -2.14. The second-order valence-electron chi connectivity index (χ2n) is 7.53. The zero-order valence-corrected chi connectivity index (χ0v) is 20.8. The first-order chi connectivity index (χ1) is 15.7. The summed E-state index contributed by atoms with van der Waals surface area (Å²) in [6.45, 7) is 7.75. The van der Waals surface area contributed by atoms with Gasteiger partial charge in [-0.1, -0.05) is 79.1 Å². The largest absolute Gasteiger partial charge is 0.477 e. The van der Waals surface area contributed by atoms with E-state index in [2.05, 4.69) is 52.3 Å². The van der Waals surface area contributed by atoms with E-state index in [0.717, 1.165) is 30.0 Å². The summed E-state index contributed by atoms with van der Waals surface area (Å²) in [5.74, 6) is -1.12. The molecular formula is C24H31N3O4S2. The van der Waals surface area contributed by atoms with Gasteiger partial charge in [-0.3, -0.25) is 4.72 Å². The van der Waals surface area contributed by atoms with Crippen LogP contribution < -0.4 is 10.0 Å². The highest BCUT2D eigenvalue weighted by Crippen LogP contribution is 2.25. The van der Waals surface area contributed by atoms with Crippen LogP contribution in [0, 0.1) is 13.8 Å². The summed E-state index contributed by atoms with van der Waals surface area (Å²) in [7, 11) is -3.75. The van der Waals surface area contributed by atoms with Gasteiger partial charge in [0.2, 0.25) is 0 Å². The highest BCUT2D eigenvalue weighted by molar-refractivity contribution is 7.93. The Bertz CT molecular complexity index is 1110. The van der Waals surface area contributed by atoms with Gasteiger partial charge in [-0.2, -0.15) is 0 Å². The number of anilines is 1. The molecule has 0 unspecified atom stereocenters. The number of sulfonamides is 1. The average molecular weight is 490 g/mol. The first-order valence-corrected chi connectivity index (χ1v) is 13.1. The van der Waals surface area contributed by atoms with E-state index in [4.69, 9.17) is 5.11 Å². The van der Waals surface area contributed by atoms with Crippen LogP contribution in [0.4, 0.5) is 5.13 Å². The van der Waals surface area contributed by atoms with Gasteiger partial charge >= 0.3 is 5.97 Å². The highest BCUT2D eigenvalue weighted by Gasteiger charge is 2.19. The van der Waals surface area contributed by atoms with Gasteiger partial charge in [-0.25, -0.2) is 18.2 Å². The minimum atomic E-state index is -3.75. The standard InChI is InChI=1S/C12H12N2O4S2.C12H19N/c1-7-3-5-9(6-4-7)20(17,18)14-12-13-8(2)10(19-12)11(15)16;1-2-3-7-10-13-11-12-8-5-4-6-9-12/h3-6H,1-2H3,(H,13,14)(H,15,16);4-6,8-9,13H,2-3,7,10-11H2,1H3. The number of aromatic nitrogens is 1. The Labute approximate surface area is 200 Å². The fraction of sp³-hybridized carbons (Fsp3) is 0.333. The molecule has 3 rings (SSSR count). The monoisotopic (exact) mass is 489 g/mol. The van der Waals surface area contributed by atoms with Crippen LogP contribution in [0.1, 0.15) is 52.7 Å². The Kier molecular flexibility index (Phi) is 10.5. The first-order valence-electron chi connectivity index (χ1n) is 10.8. The number of nitrogens with zero attached hydrogens (tertiary/aromatic N) is 1. The summed E-state index contributed by atoms with van der Waals surface area (Å²) in [6.07, 6.45) is 3.93. The number of rotatable bonds is 10. The molecule has 3 aromatic rings. The number of hydrogen-bond donors (Lipinski definition) is 3. The molecule has 7 nitrogen and oxygen atoms in total. The second-order valence-corrected chi connectivity index (χ2v) is 10.2. The number of aryl methyl sites for hydroxylation is 2. The number of hydrogen-bond acceptors (Lipinski definition) is 6. The second kappa shape index (κ2) is 13.1. The molecule has 9 heteroatoms. The first kappa shape index (κ1) is 26.5. The van der Waals surface area contributed by atoms with Crippen molar-refractivity contribution in [2.45, 2.75) is 51.5 Å². The van der Waals surface area contributed by atoms with Crippen LogP contribution >= 0.6 is 11.3 Å². The molecule has 0 fully saturated rings. The summed E-state index contributed by atoms with van der Waals surface area (Å²) in [5, 5.41) is 12.4. The maximum atomic E-state index is 12.1. The summed E-state index contributed by atoms with van der Waals surface area (Å²) in [6, 6.07) is 16.9. The lowest BCUT2D eigenvalue weighted by Gasteiger charge is -2.05. The number of nitrogens with one attached hydrogen (secondary N) is 2. The van der Waals surface area contributed by atoms with Crippen molar-refractivity contribution in [1.29, 1.82) is 0 Å². The molecule has 0 aliphatic heterocycles. The lowest BCUT2D eigenvalue weighted by molar-refractivity contribution is 0.0701. The molecule has 1 heterocycles. The van der Waals surface area contributed by atoms with Gasteiger partial charge in [0.25, 0.3) is 10.0 Å². The van der Waals surface area contributed by atoms with E-state index in [1.165, 1.54) is 43.9 Å². The van der Waals surface area contributed by atoms with E-state index < -0.39 is 16.0 Å². The predicted octanol–water partition coefficient (Wildman–Crippen LogP) is 5.23. The topological polar surface area (TPSA) is 108 Å². The van der Waals surface area contributed by atoms with E-state index in [9.17, 15) is 13.2 Å². The van der Waals surface area contributed by atoms with Gasteiger partial charge in [0.05, 0.1) is 10.6 Å². The van der Waals surface area contributed by atoms with Crippen LogP contribution in [0.3, 0.4) is 0 Å². The van der Waals surface area contributed by atoms with Crippen molar-refractivity contribution in [2.24, 2.45) is 0 Å². The van der Waals surface area contributed by atoms with E-state index in [-0.39, 0.29) is 20.6 Å². The van der Waals surface area contributed by atoms with Crippen LogP contribution in [0.2, 0.25) is 0 Å². The molecule has 33 heavy (non-hydrogen) atoms.